The summed E-state index contributed by atoms with van der Waals surface area (Å²) in [5.41, 5.74) is 0. The van der Waals surface area contributed by atoms with Crippen molar-refractivity contribution in [2.24, 2.45) is 5.92 Å². The Balaban J connectivity index is 1.89. The summed E-state index contributed by atoms with van der Waals surface area (Å²) in [5, 5.41) is 13.7. The molecule has 5 nitrogen and oxygen atoms in total. The number of rotatable bonds is 4. The van der Waals surface area contributed by atoms with Gasteiger partial charge in [-0.15, -0.1) is 11.3 Å². The second-order valence-electron chi connectivity index (χ2n) is 4.92. The van der Waals surface area contributed by atoms with E-state index in [1.54, 1.807) is 35.4 Å². The van der Waals surface area contributed by atoms with Gasteiger partial charge in [0.2, 0.25) is 0 Å². The number of carboxylic acid groups (broad SMARTS) is 1. The minimum absolute atomic E-state index is 0.00402. The normalized spacial score (nSPS) is 22.5. The lowest BCUT2D eigenvalue weighted by Crippen LogP contribution is -2.43. The molecule has 1 aromatic heterocycles. The van der Waals surface area contributed by atoms with Crippen LogP contribution in [0.2, 0.25) is 0 Å². The molecule has 108 valence electrons. The number of carbonyl (C=O) groups is 2. The standard InChI is InChI=1S/C14H18N2O3S/c1-9(12-4-3-7-20-12)16(2)14(19)15-11-6-5-10(8-11)13(17)18/h3-7,9-11H,8H2,1-2H3,(H,15,19)(H,17,18). The number of carboxylic acids is 1. The zero-order valence-electron chi connectivity index (χ0n) is 11.4. The van der Waals surface area contributed by atoms with Gasteiger partial charge in [0.1, 0.15) is 0 Å². The third-order valence-corrected chi connectivity index (χ3v) is 4.61. The fourth-order valence-corrected chi connectivity index (χ4v) is 2.97. The molecule has 1 aromatic rings. The van der Waals surface area contributed by atoms with Gasteiger partial charge >= 0.3 is 12.0 Å². The van der Waals surface area contributed by atoms with Gasteiger partial charge in [0.25, 0.3) is 0 Å². The van der Waals surface area contributed by atoms with Crippen LogP contribution in [0, 0.1) is 5.92 Å². The Morgan fingerprint density at radius 2 is 2.25 bits per heavy atom. The van der Waals surface area contributed by atoms with Gasteiger partial charge in [-0.1, -0.05) is 18.2 Å². The summed E-state index contributed by atoms with van der Waals surface area (Å²) in [5.74, 6) is -1.35. The van der Waals surface area contributed by atoms with Gasteiger partial charge in [-0.2, -0.15) is 0 Å². The maximum Gasteiger partial charge on any atom is 0.318 e. The number of nitrogens with one attached hydrogen (secondary N) is 1. The van der Waals surface area contributed by atoms with E-state index in [0.29, 0.717) is 6.42 Å². The van der Waals surface area contributed by atoms with E-state index < -0.39 is 11.9 Å². The van der Waals surface area contributed by atoms with Gasteiger partial charge in [0.15, 0.2) is 0 Å². The van der Waals surface area contributed by atoms with Crippen LogP contribution in [0.15, 0.2) is 29.7 Å². The van der Waals surface area contributed by atoms with Crippen LogP contribution < -0.4 is 5.32 Å². The zero-order chi connectivity index (χ0) is 14.7. The molecule has 2 rings (SSSR count). The zero-order valence-corrected chi connectivity index (χ0v) is 12.3. The summed E-state index contributed by atoms with van der Waals surface area (Å²) in [6.45, 7) is 1.97. The molecule has 20 heavy (non-hydrogen) atoms. The molecule has 2 N–H and O–H groups in total. The fraction of sp³-hybridized carbons (Fsp3) is 0.429. The summed E-state index contributed by atoms with van der Waals surface area (Å²) in [6, 6.07) is 3.55. The predicted octanol–water partition coefficient (Wildman–Crippen LogP) is 2.48. The Morgan fingerprint density at radius 1 is 1.50 bits per heavy atom. The van der Waals surface area contributed by atoms with E-state index >= 15 is 0 Å². The molecule has 2 amide bonds. The molecule has 1 aliphatic carbocycles. The van der Waals surface area contributed by atoms with Crippen LogP contribution in [-0.2, 0) is 4.79 Å². The van der Waals surface area contributed by atoms with Crippen LogP contribution in [0.25, 0.3) is 0 Å². The summed E-state index contributed by atoms with van der Waals surface area (Å²) in [7, 11) is 1.74. The van der Waals surface area contributed by atoms with Gasteiger partial charge in [-0.05, 0) is 24.8 Å². The van der Waals surface area contributed by atoms with Crippen LogP contribution in [-0.4, -0.2) is 35.1 Å². The van der Waals surface area contributed by atoms with E-state index in [2.05, 4.69) is 5.32 Å². The van der Waals surface area contributed by atoms with Crippen LogP contribution >= 0.6 is 11.3 Å². The largest absolute Gasteiger partial charge is 0.481 e. The average Bonchev–Trinajstić information content (AvgIpc) is 3.07. The predicted molar refractivity (Wildman–Crippen MR) is 77.7 cm³/mol. The van der Waals surface area contributed by atoms with Crippen molar-refractivity contribution in [3.63, 3.8) is 0 Å². The van der Waals surface area contributed by atoms with Crippen molar-refractivity contribution in [3.05, 3.63) is 34.5 Å². The topological polar surface area (TPSA) is 69.6 Å². The van der Waals surface area contributed by atoms with E-state index in [-0.39, 0.29) is 18.1 Å². The molecular weight excluding hydrogens is 276 g/mol. The van der Waals surface area contributed by atoms with Gasteiger partial charge in [-0.25, -0.2) is 4.79 Å². The maximum atomic E-state index is 12.2. The van der Waals surface area contributed by atoms with E-state index in [1.165, 1.54) is 0 Å². The minimum Gasteiger partial charge on any atom is -0.481 e. The Bertz CT molecular complexity index is 512. The fourth-order valence-electron chi connectivity index (χ4n) is 2.15. The number of thiophene rings is 1. The van der Waals surface area contributed by atoms with Crippen molar-refractivity contribution in [3.8, 4) is 0 Å². The van der Waals surface area contributed by atoms with E-state index in [4.69, 9.17) is 5.11 Å². The average molecular weight is 294 g/mol. The molecule has 3 unspecified atom stereocenters. The van der Waals surface area contributed by atoms with Gasteiger partial charge < -0.3 is 15.3 Å². The van der Waals surface area contributed by atoms with Crippen LogP contribution in [0.1, 0.15) is 24.3 Å². The quantitative estimate of drug-likeness (QED) is 0.838. The molecule has 0 saturated heterocycles. The highest BCUT2D eigenvalue weighted by Gasteiger charge is 2.27. The number of hydrogen-bond acceptors (Lipinski definition) is 3. The summed E-state index contributed by atoms with van der Waals surface area (Å²) in [4.78, 5) is 25.8. The van der Waals surface area contributed by atoms with Crippen LogP contribution in [0.3, 0.4) is 0 Å². The smallest absolute Gasteiger partial charge is 0.318 e. The number of hydrogen-bond donors (Lipinski definition) is 2. The SMILES string of the molecule is CC(c1cccs1)N(C)C(=O)NC1C=CC(C(=O)O)C1. The molecule has 0 spiro atoms. The first-order valence-corrected chi connectivity index (χ1v) is 7.35. The second kappa shape index (κ2) is 6.09. The lowest BCUT2D eigenvalue weighted by Gasteiger charge is -2.26. The molecule has 3 atom stereocenters. The molecule has 0 fully saturated rings. The molecule has 0 saturated carbocycles. The third-order valence-electron chi connectivity index (χ3n) is 3.57. The molecule has 6 heteroatoms. The first-order valence-electron chi connectivity index (χ1n) is 6.47. The van der Waals surface area contributed by atoms with Gasteiger partial charge in [0, 0.05) is 11.9 Å². The molecule has 1 aliphatic rings. The molecule has 0 radical (unpaired) electrons. The number of carbonyl (C=O) groups excluding carboxylic acids is 1. The number of nitrogens with zero attached hydrogens (tertiary/aromatic N) is 1. The van der Waals surface area contributed by atoms with Crippen molar-refractivity contribution >= 4 is 23.3 Å². The van der Waals surface area contributed by atoms with Crippen molar-refractivity contribution in [2.45, 2.75) is 25.4 Å². The first-order chi connectivity index (χ1) is 9.49. The van der Waals surface area contributed by atoms with E-state index in [0.717, 1.165) is 4.88 Å². The van der Waals surface area contributed by atoms with Gasteiger partial charge in [-0.3, -0.25) is 4.79 Å². The lowest BCUT2D eigenvalue weighted by molar-refractivity contribution is -0.140. The van der Waals surface area contributed by atoms with E-state index in [9.17, 15) is 9.59 Å². The van der Waals surface area contributed by atoms with Crippen LogP contribution in [0.5, 0.6) is 0 Å². The number of urea groups is 1. The molecule has 1 heterocycles. The van der Waals surface area contributed by atoms with Crippen molar-refractivity contribution in [1.29, 1.82) is 0 Å². The van der Waals surface area contributed by atoms with E-state index in [1.807, 2.05) is 24.4 Å². The highest BCUT2D eigenvalue weighted by Crippen LogP contribution is 2.24. The third kappa shape index (κ3) is 3.19. The minimum atomic E-state index is -0.849. The van der Waals surface area contributed by atoms with Crippen molar-refractivity contribution in [1.82, 2.24) is 10.2 Å². The Morgan fingerprint density at radius 3 is 2.80 bits per heavy atom. The molecule has 0 bridgehead atoms. The Kier molecular flexibility index (Phi) is 4.44. The monoisotopic (exact) mass is 294 g/mol. The first kappa shape index (κ1) is 14.6. The van der Waals surface area contributed by atoms with Crippen LogP contribution in [0.4, 0.5) is 4.79 Å². The van der Waals surface area contributed by atoms with Gasteiger partial charge in [0.05, 0.1) is 18.0 Å². The number of aliphatic carboxylic acids is 1. The molecular formula is C14H18N2O3S. The van der Waals surface area contributed by atoms with Crippen molar-refractivity contribution < 1.29 is 14.7 Å². The number of amides is 2. The maximum absolute atomic E-state index is 12.2. The summed E-state index contributed by atoms with van der Waals surface area (Å²) < 4.78 is 0. The molecule has 0 aliphatic heterocycles. The second-order valence-corrected chi connectivity index (χ2v) is 5.90. The van der Waals surface area contributed by atoms with Crippen molar-refractivity contribution in [2.75, 3.05) is 7.05 Å². The lowest BCUT2D eigenvalue weighted by atomic mass is 10.1. The summed E-state index contributed by atoms with van der Waals surface area (Å²) >= 11 is 1.61. The Hall–Kier alpha value is -1.82. The molecule has 0 aromatic carbocycles. The highest BCUT2D eigenvalue weighted by molar-refractivity contribution is 7.10. The highest BCUT2D eigenvalue weighted by atomic mass is 32.1. The Labute approximate surface area is 121 Å². The summed E-state index contributed by atoms with van der Waals surface area (Å²) in [6.07, 6.45) is 3.80.